The van der Waals surface area contributed by atoms with E-state index in [1.807, 2.05) is 6.07 Å². The number of nitrogens with zero attached hydrogens (tertiary/aromatic N) is 1. The molecule has 4 heteroatoms. The molecule has 0 radical (unpaired) electrons. The zero-order valence-corrected chi connectivity index (χ0v) is 10.7. The summed E-state index contributed by atoms with van der Waals surface area (Å²) in [6.07, 6.45) is 9.32. The van der Waals surface area contributed by atoms with E-state index in [4.69, 9.17) is 22.1 Å². The number of rotatable bonds is 3. The second kappa shape index (κ2) is 6.22. The second-order valence-electron chi connectivity index (χ2n) is 4.55. The number of pyridine rings is 1. The van der Waals surface area contributed by atoms with E-state index < -0.39 is 0 Å². The second-order valence-corrected chi connectivity index (χ2v) is 4.96. The van der Waals surface area contributed by atoms with E-state index in [0.717, 1.165) is 18.4 Å². The predicted molar refractivity (Wildman–Crippen MR) is 69.3 cm³/mol. The van der Waals surface area contributed by atoms with Crippen molar-refractivity contribution < 1.29 is 4.74 Å². The van der Waals surface area contributed by atoms with Gasteiger partial charge < -0.3 is 10.5 Å². The maximum absolute atomic E-state index is 5.97. The van der Waals surface area contributed by atoms with Crippen LogP contribution in [0.2, 0.25) is 5.02 Å². The zero-order valence-electron chi connectivity index (χ0n) is 9.99. The molecule has 0 unspecified atom stereocenters. The Balaban J connectivity index is 2.01. The van der Waals surface area contributed by atoms with Gasteiger partial charge in [-0.15, -0.1) is 0 Å². The van der Waals surface area contributed by atoms with Crippen molar-refractivity contribution in [3.8, 4) is 5.88 Å². The Morgan fingerprint density at radius 1 is 1.29 bits per heavy atom. The van der Waals surface area contributed by atoms with Gasteiger partial charge in [0.15, 0.2) is 0 Å². The summed E-state index contributed by atoms with van der Waals surface area (Å²) >= 11 is 5.97. The van der Waals surface area contributed by atoms with Gasteiger partial charge in [0.05, 0.1) is 5.02 Å². The van der Waals surface area contributed by atoms with E-state index in [-0.39, 0.29) is 0 Å². The van der Waals surface area contributed by atoms with Crippen molar-refractivity contribution in [3.63, 3.8) is 0 Å². The van der Waals surface area contributed by atoms with Crippen LogP contribution in [-0.2, 0) is 6.54 Å². The van der Waals surface area contributed by atoms with E-state index >= 15 is 0 Å². The molecule has 0 spiro atoms. The van der Waals surface area contributed by atoms with Crippen LogP contribution < -0.4 is 10.5 Å². The van der Waals surface area contributed by atoms with Gasteiger partial charge >= 0.3 is 0 Å². The van der Waals surface area contributed by atoms with Crippen LogP contribution in [0.3, 0.4) is 0 Å². The number of halogens is 1. The molecule has 1 aromatic rings. The summed E-state index contributed by atoms with van der Waals surface area (Å²) in [7, 11) is 0. The van der Waals surface area contributed by atoms with Gasteiger partial charge in [0.1, 0.15) is 6.10 Å². The first-order valence-electron chi connectivity index (χ1n) is 6.30. The Morgan fingerprint density at radius 2 is 2.00 bits per heavy atom. The first kappa shape index (κ1) is 12.7. The monoisotopic (exact) mass is 254 g/mol. The Bertz CT molecular complexity index is 362. The number of ether oxygens (including phenoxy) is 1. The number of hydrogen-bond donors (Lipinski definition) is 1. The molecular formula is C13H19ClN2O. The lowest BCUT2D eigenvalue weighted by Gasteiger charge is -2.16. The highest BCUT2D eigenvalue weighted by Gasteiger charge is 2.14. The third kappa shape index (κ3) is 3.58. The number of aromatic nitrogens is 1. The molecule has 1 aromatic heterocycles. The molecule has 1 aliphatic rings. The molecule has 0 aromatic carbocycles. The molecule has 0 bridgehead atoms. The molecule has 1 saturated carbocycles. The van der Waals surface area contributed by atoms with Gasteiger partial charge in [-0.3, -0.25) is 0 Å². The molecular weight excluding hydrogens is 236 g/mol. The summed E-state index contributed by atoms with van der Waals surface area (Å²) in [6.45, 7) is 0.419. The molecule has 0 amide bonds. The van der Waals surface area contributed by atoms with Gasteiger partial charge in [-0.1, -0.05) is 24.4 Å². The van der Waals surface area contributed by atoms with Crippen LogP contribution in [0.15, 0.2) is 12.3 Å². The number of hydrogen-bond acceptors (Lipinski definition) is 3. The lowest BCUT2D eigenvalue weighted by Crippen LogP contribution is -2.16. The first-order chi connectivity index (χ1) is 8.29. The third-order valence-electron chi connectivity index (χ3n) is 3.22. The van der Waals surface area contributed by atoms with Gasteiger partial charge in [0.25, 0.3) is 0 Å². The minimum Gasteiger partial charge on any atom is -0.474 e. The quantitative estimate of drug-likeness (QED) is 0.842. The normalized spacial score (nSPS) is 17.8. The Hall–Kier alpha value is -0.800. The summed E-state index contributed by atoms with van der Waals surface area (Å²) < 4.78 is 5.91. The van der Waals surface area contributed by atoms with Gasteiger partial charge in [-0.05, 0) is 31.2 Å². The molecule has 3 nitrogen and oxygen atoms in total. The average Bonchev–Trinajstić information content (AvgIpc) is 2.60. The molecule has 0 aliphatic heterocycles. The molecule has 1 aliphatic carbocycles. The van der Waals surface area contributed by atoms with Crippen LogP contribution in [0.25, 0.3) is 0 Å². The molecule has 1 fully saturated rings. The highest BCUT2D eigenvalue weighted by Crippen LogP contribution is 2.24. The lowest BCUT2D eigenvalue weighted by atomic mass is 10.1. The van der Waals surface area contributed by atoms with E-state index in [1.54, 1.807) is 6.20 Å². The summed E-state index contributed by atoms with van der Waals surface area (Å²) in [5.74, 6) is 0.654. The summed E-state index contributed by atoms with van der Waals surface area (Å²) in [4.78, 5) is 4.20. The minimum absolute atomic E-state index is 0.303. The van der Waals surface area contributed by atoms with E-state index in [1.165, 1.54) is 25.7 Å². The summed E-state index contributed by atoms with van der Waals surface area (Å²) in [5.41, 5.74) is 6.50. The fourth-order valence-corrected chi connectivity index (χ4v) is 2.39. The van der Waals surface area contributed by atoms with Gasteiger partial charge in [-0.2, -0.15) is 0 Å². The molecule has 0 saturated heterocycles. The smallest absolute Gasteiger partial charge is 0.213 e. The highest BCUT2D eigenvalue weighted by molar-refractivity contribution is 6.31. The highest BCUT2D eigenvalue weighted by atomic mass is 35.5. The summed E-state index contributed by atoms with van der Waals surface area (Å²) in [5, 5.41) is 0.612. The van der Waals surface area contributed by atoms with Crippen molar-refractivity contribution >= 4 is 11.6 Å². The maximum atomic E-state index is 5.97. The molecule has 17 heavy (non-hydrogen) atoms. The zero-order chi connectivity index (χ0) is 12.1. The van der Waals surface area contributed by atoms with Crippen LogP contribution in [-0.4, -0.2) is 11.1 Å². The minimum atomic E-state index is 0.303. The van der Waals surface area contributed by atoms with Crippen molar-refractivity contribution in [3.05, 3.63) is 22.8 Å². The van der Waals surface area contributed by atoms with Gasteiger partial charge in [-0.25, -0.2) is 4.98 Å². The number of nitrogens with two attached hydrogens (primary N) is 1. The molecule has 94 valence electrons. The summed E-state index contributed by atoms with van der Waals surface area (Å²) in [6, 6.07) is 1.85. The molecule has 1 heterocycles. The Morgan fingerprint density at radius 3 is 2.65 bits per heavy atom. The lowest BCUT2D eigenvalue weighted by molar-refractivity contribution is 0.176. The topological polar surface area (TPSA) is 48.1 Å². The van der Waals surface area contributed by atoms with Crippen LogP contribution in [0, 0.1) is 0 Å². The van der Waals surface area contributed by atoms with Gasteiger partial charge in [0.2, 0.25) is 5.88 Å². The van der Waals surface area contributed by atoms with E-state index in [0.29, 0.717) is 23.6 Å². The third-order valence-corrected chi connectivity index (χ3v) is 3.56. The standard InChI is InChI=1S/C13H19ClN2O/c14-12-9-16-13(7-10(12)8-15)17-11-5-3-1-2-4-6-11/h7,9,11H,1-6,8,15H2. The van der Waals surface area contributed by atoms with Crippen molar-refractivity contribution in [2.45, 2.75) is 51.2 Å². The maximum Gasteiger partial charge on any atom is 0.213 e. The first-order valence-corrected chi connectivity index (χ1v) is 6.68. The Labute approximate surface area is 107 Å². The largest absolute Gasteiger partial charge is 0.474 e. The van der Waals surface area contributed by atoms with E-state index in [2.05, 4.69) is 4.98 Å². The van der Waals surface area contributed by atoms with E-state index in [9.17, 15) is 0 Å². The average molecular weight is 255 g/mol. The van der Waals surface area contributed by atoms with Crippen LogP contribution in [0.5, 0.6) is 5.88 Å². The molecule has 0 atom stereocenters. The van der Waals surface area contributed by atoms with Crippen LogP contribution in [0.1, 0.15) is 44.1 Å². The fourth-order valence-electron chi connectivity index (χ4n) is 2.21. The van der Waals surface area contributed by atoms with Gasteiger partial charge in [0, 0.05) is 18.8 Å². The van der Waals surface area contributed by atoms with Crippen LogP contribution >= 0.6 is 11.6 Å². The molecule has 2 rings (SSSR count). The van der Waals surface area contributed by atoms with Crippen molar-refractivity contribution in [1.29, 1.82) is 0 Å². The molecule has 2 N–H and O–H groups in total. The van der Waals surface area contributed by atoms with Crippen molar-refractivity contribution in [2.24, 2.45) is 5.73 Å². The fraction of sp³-hybridized carbons (Fsp3) is 0.615. The predicted octanol–water partition coefficient (Wildman–Crippen LogP) is 3.30. The van der Waals surface area contributed by atoms with Crippen LogP contribution in [0.4, 0.5) is 0 Å². The van der Waals surface area contributed by atoms with Crippen molar-refractivity contribution in [1.82, 2.24) is 4.98 Å². The SMILES string of the molecule is NCc1cc(OC2CCCCCC2)ncc1Cl. The van der Waals surface area contributed by atoms with Crippen molar-refractivity contribution in [2.75, 3.05) is 0 Å². The Kier molecular flexibility index (Phi) is 4.63.